The van der Waals surface area contributed by atoms with E-state index in [2.05, 4.69) is 20.9 Å². The van der Waals surface area contributed by atoms with Crippen LogP contribution in [0.2, 0.25) is 5.02 Å². The number of benzene rings is 1. The van der Waals surface area contributed by atoms with Crippen molar-refractivity contribution in [1.82, 2.24) is 4.98 Å². The van der Waals surface area contributed by atoms with E-state index in [-0.39, 0.29) is 21.6 Å². The third-order valence-corrected chi connectivity index (χ3v) is 5.51. The quantitative estimate of drug-likeness (QED) is 0.802. The molecule has 1 heterocycles. The van der Waals surface area contributed by atoms with Crippen LogP contribution in [0, 0.1) is 0 Å². The lowest BCUT2D eigenvalue weighted by Crippen LogP contribution is -2.15. The molecule has 0 unspecified atom stereocenters. The van der Waals surface area contributed by atoms with Gasteiger partial charge in [0.25, 0.3) is 0 Å². The Morgan fingerprint density at radius 1 is 1.30 bits per heavy atom. The Morgan fingerprint density at radius 2 is 2.00 bits per heavy atom. The first-order valence-corrected chi connectivity index (χ1v) is 9.57. The highest BCUT2D eigenvalue weighted by Crippen LogP contribution is 2.29. The zero-order valence-electron chi connectivity index (χ0n) is 12.5. The summed E-state index contributed by atoms with van der Waals surface area (Å²) < 4.78 is 31.1. The first-order chi connectivity index (χ1) is 10.7. The largest absolute Gasteiger partial charge is 0.490 e. The number of pyridine rings is 1. The minimum Gasteiger partial charge on any atom is -0.490 e. The molecule has 0 amide bonds. The molecule has 2 aromatic rings. The predicted molar refractivity (Wildman–Crippen MR) is 92.9 cm³/mol. The van der Waals surface area contributed by atoms with Crippen LogP contribution in [0.3, 0.4) is 0 Å². The van der Waals surface area contributed by atoms with Gasteiger partial charge in [0.2, 0.25) is 5.43 Å². The SMILES string of the molecule is CC(C)Oc1ccc(S(=O)(=O)Cc2c[nH]cc(Cl)c2=O)cc1Br. The minimum absolute atomic E-state index is 0.0289. The molecule has 0 aliphatic heterocycles. The smallest absolute Gasteiger partial charge is 0.204 e. The Bertz CT molecular complexity index is 877. The second-order valence-electron chi connectivity index (χ2n) is 5.18. The van der Waals surface area contributed by atoms with Gasteiger partial charge >= 0.3 is 0 Å². The fourth-order valence-electron chi connectivity index (χ4n) is 1.92. The number of nitrogens with one attached hydrogen (secondary N) is 1. The number of halogens is 2. The van der Waals surface area contributed by atoms with E-state index >= 15 is 0 Å². The molecule has 0 saturated carbocycles. The van der Waals surface area contributed by atoms with Crippen molar-refractivity contribution < 1.29 is 13.2 Å². The lowest BCUT2D eigenvalue weighted by molar-refractivity contribution is 0.240. The van der Waals surface area contributed by atoms with Gasteiger partial charge in [0, 0.05) is 18.0 Å². The van der Waals surface area contributed by atoms with Gasteiger partial charge in [0.1, 0.15) is 10.8 Å². The summed E-state index contributed by atoms with van der Waals surface area (Å²) in [6.07, 6.45) is 2.63. The van der Waals surface area contributed by atoms with Gasteiger partial charge in [-0.2, -0.15) is 0 Å². The van der Waals surface area contributed by atoms with Gasteiger partial charge in [-0.25, -0.2) is 8.42 Å². The van der Waals surface area contributed by atoms with Gasteiger partial charge in [-0.1, -0.05) is 11.6 Å². The monoisotopic (exact) mass is 419 g/mol. The van der Waals surface area contributed by atoms with E-state index in [1.807, 2.05) is 13.8 Å². The van der Waals surface area contributed by atoms with E-state index in [0.717, 1.165) is 0 Å². The number of hydrogen-bond donors (Lipinski definition) is 1. The van der Waals surface area contributed by atoms with Crippen molar-refractivity contribution >= 4 is 37.4 Å². The zero-order chi connectivity index (χ0) is 17.2. The Hall–Kier alpha value is -1.31. The van der Waals surface area contributed by atoms with Crippen molar-refractivity contribution in [3.05, 3.63) is 55.9 Å². The second-order valence-corrected chi connectivity index (χ2v) is 8.43. The van der Waals surface area contributed by atoms with Crippen LogP contribution < -0.4 is 10.2 Å². The van der Waals surface area contributed by atoms with Gasteiger partial charge in [-0.15, -0.1) is 0 Å². The van der Waals surface area contributed by atoms with Crippen LogP contribution >= 0.6 is 27.5 Å². The standard InChI is InChI=1S/C15H15BrClNO4S/c1-9(2)22-14-4-3-11(5-12(14)16)23(20,21)8-10-6-18-7-13(17)15(10)19/h3-7,9H,8H2,1-2H3,(H,18,19). The third-order valence-electron chi connectivity index (χ3n) is 2.95. The van der Waals surface area contributed by atoms with Crippen molar-refractivity contribution in [2.24, 2.45) is 0 Å². The van der Waals surface area contributed by atoms with E-state index in [1.54, 1.807) is 6.07 Å². The number of aromatic amines is 1. The average Bonchev–Trinajstić information content (AvgIpc) is 2.45. The molecule has 0 radical (unpaired) electrons. The van der Waals surface area contributed by atoms with E-state index in [9.17, 15) is 13.2 Å². The molecule has 124 valence electrons. The number of hydrogen-bond acceptors (Lipinski definition) is 4. The van der Waals surface area contributed by atoms with E-state index in [1.165, 1.54) is 24.5 Å². The summed E-state index contributed by atoms with van der Waals surface area (Å²) in [4.78, 5) is 14.6. The molecule has 1 N–H and O–H groups in total. The molecule has 8 heteroatoms. The third kappa shape index (κ3) is 4.37. The maximum atomic E-state index is 12.5. The summed E-state index contributed by atoms with van der Waals surface area (Å²) in [7, 11) is -3.68. The Labute approximate surface area is 147 Å². The summed E-state index contributed by atoms with van der Waals surface area (Å²) in [6.45, 7) is 3.75. The number of ether oxygens (including phenoxy) is 1. The van der Waals surface area contributed by atoms with Crippen molar-refractivity contribution in [1.29, 1.82) is 0 Å². The number of rotatable bonds is 5. The van der Waals surface area contributed by atoms with Crippen LogP contribution in [0.5, 0.6) is 5.75 Å². The molecule has 0 aliphatic rings. The first kappa shape index (κ1) is 18.0. The highest BCUT2D eigenvalue weighted by atomic mass is 79.9. The summed E-state index contributed by atoms with van der Waals surface area (Å²) in [6, 6.07) is 4.50. The lowest BCUT2D eigenvalue weighted by atomic mass is 10.3. The van der Waals surface area contributed by atoms with E-state index in [4.69, 9.17) is 16.3 Å². The van der Waals surface area contributed by atoms with Crippen molar-refractivity contribution in [2.45, 2.75) is 30.6 Å². The number of sulfone groups is 1. The van der Waals surface area contributed by atoms with Crippen LogP contribution in [0.25, 0.3) is 0 Å². The molecule has 1 aromatic heterocycles. The Balaban J connectivity index is 2.35. The van der Waals surface area contributed by atoms with Gasteiger partial charge < -0.3 is 9.72 Å². The molecule has 0 fully saturated rings. The Morgan fingerprint density at radius 3 is 2.61 bits per heavy atom. The molecule has 5 nitrogen and oxygen atoms in total. The lowest BCUT2D eigenvalue weighted by Gasteiger charge is -2.12. The molecule has 23 heavy (non-hydrogen) atoms. The number of aromatic nitrogens is 1. The zero-order valence-corrected chi connectivity index (χ0v) is 15.6. The van der Waals surface area contributed by atoms with Crippen molar-refractivity contribution in [2.75, 3.05) is 0 Å². The van der Waals surface area contributed by atoms with Gasteiger partial charge in [-0.3, -0.25) is 4.79 Å². The highest BCUT2D eigenvalue weighted by Gasteiger charge is 2.19. The summed E-state index contributed by atoms with van der Waals surface area (Å²) in [5.74, 6) is 0.124. The molecule has 0 aliphatic carbocycles. The topological polar surface area (TPSA) is 76.2 Å². The second kappa shape index (κ2) is 7.07. The molecule has 0 saturated heterocycles. The highest BCUT2D eigenvalue weighted by molar-refractivity contribution is 9.10. The molecular formula is C15H15BrClNO4S. The van der Waals surface area contributed by atoms with Gasteiger partial charge in [0.15, 0.2) is 9.84 Å². The van der Waals surface area contributed by atoms with E-state index in [0.29, 0.717) is 10.2 Å². The van der Waals surface area contributed by atoms with Crippen LogP contribution in [0.15, 0.2) is 44.8 Å². The molecule has 2 rings (SSSR count). The number of H-pyrrole nitrogens is 1. The predicted octanol–water partition coefficient (Wildman–Crippen LogP) is 3.55. The average molecular weight is 421 g/mol. The van der Waals surface area contributed by atoms with Crippen molar-refractivity contribution in [3.63, 3.8) is 0 Å². The first-order valence-electron chi connectivity index (χ1n) is 6.75. The fraction of sp³-hybridized carbons (Fsp3) is 0.267. The van der Waals surface area contributed by atoms with E-state index < -0.39 is 21.0 Å². The summed E-state index contributed by atoms with van der Waals surface area (Å²) in [5.41, 5.74) is -0.399. The van der Waals surface area contributed by atoms with Crippen LogP contribution in [-0.2, 0) is 15.6 Å². The normalized spacial score (nSPS) is 11.7. The summed E-state index contributed by atoms with van der Waals surface area (Å²) in [5, 5.41) is -0.0421. The van der Waals surface area contributed by atoms with Crippen LogP contribution in [-0.4, -0.2) is 19.5 Å². The molecule has 1 aromatic carbocycles. The maximum absolute atomic E-state index is 12.5. The summed E-state index contributed by atoms with van der Waals surface area (Å²) >= 11 is 9.02. The van der Waals surface area contributed by atoms with Crippen LogP contribution in [0.4, 0.5) is 0 Å². The van der Waals surface area contributed by atoms with Crippen molar-refractivity contribution in [3.8, 4) is 5.75 Å². The Kier molecular flexibility index (Phi) is 5.54. The van der Waals surface area contributed by atoms with Gasteiger partial charge in [0.05, 0.1) is 21.2 Å². The maximum Gasteiger partial charge on any atom is 0.204 e. The van der Waals surface area contributed by atoms with Crippen LogP contribution in [0.1, 0.15) is 19.4 Å². The fourth-order valence-corrected chi connectivity index (χ4v) is 4.09. The molecule has 0 atom stereocenters. The van der Waals surface area contributed by atoms with Gasteiger partial charge in [-0.05, 0) is 48.0 Å². The minimum atomic E-state index is -3.68. The molecular weight excluding hydrogens is 406 g/mol. The molecule has 0 spiro atoms. The molecule has 0 bridgehead atoms.